The lowest BCUT2D eigenvalue weighted by molar-refractivity contribution is 0.0811. The highest BCUT2D eigenvalue weighted by Gasteiger charge is 2.30. The van der Waals surface area contributed by atoms with Gasteiger partial charge in [0.05, 0.1) is 37.1 Å². The number of pyridine rings is 1. The van der Waals surface area contributed by atoms with Crippen molar-refractivity contribution in [2.24, 2.45) is 7.05 Å². The fourth-order valence-electron chi connectivity index (χ4n) is 3.38. The van der Waals surface area contributed by atoms with E-state index in [9.17, 15) is 0 Å². The number of aromatic nitrogens is 4. The number of aryl methyl sites for hydroxylation is 1. The van der Waals surface area contributed by atoms with Crippen LogP contribution in [0.1, 0.15) is 28.6 Å². The van der Waals surface area contributed by atoms with E-state index in [0.717, 1.165) is 31.0 Å². The minimum Gasteiger partial charge on any atom is -0.472 e. The summed E-state index contributed by atoms with van der Waals surface area (Å²) in [4.78, 5) is 6.66. The zero-order chi connectivity index (χ0) is 17.1. The van der Waals surface area contributed by atoms with Crippen molar-refractivity contribution < 1.29 is 9.15 Å². The maximum Gasteiger partial charge on any atom is 0.100 e. The largest absolute Gasteiger partial charge is 0.472 e. The Morgan fingerprint density at radius 1 is 1.32 bits per heavy atom. The van der Waals surface area contributed by atoms with E-state index in [2.05, 4.69) is 20.2 Å². The first-order valence-electron chi connectivity index (χ1n) is 8.39. The van der Waals surface area contributed by atoms with Gasteiger partial charge in [0.1, 0.15) is 5.69 Å². The lowest BCUT2D eigenvalue weighted by atomic mass is 9.98. The molecule has 0 aromatic carbocycles. The van der Waals surface area contributed by atoms with Crippen molar-refractivity contribution in [3.8, 4) is 0 Å². The second-order valence-electron chi connectivity index (χ2n) is 6.38. The van der Waals surface area contributed by atoms with Crippen molar-refractivity contribution in [1.29, 1.82) is 0 Å². The number of furan rings is 1. The summed E-state index contributed by atoms with van der Waals surface area (Å²) >= 11 is 0. The van der Waals surface area contributed by atoms with Crippen LogP contribution < -0.4 is 0 Å². The van der Waals surface area contributed by atoms with Crippen LogP contribution in [0, 0.1) is 0 Å². The van der Waals surface area contributed by atoms with E-state index in [1.807, 2.05) is 36.0 Å². The predicted octanol–water partition coefficient (Wildman–Crippen LogP) is 2.12. The number of nitrogens with zero attached hydrogens (tertiary/aromatic N) is 5. The second-order valence-corrected chi connectivity index (χ2v) is 6.38. The molecule has 4 heterocycles. The molecule has 25 heavy (non-hydrogen) atoms. The SMILES string of the molecule is Cn1nnc2c1[C@H](COCc1ccccn1)CN(Cc1ccoc1)C2. The van der Waals surface area contributed by atoms with Crippen LogP contribution in [-0.2, 0) is 31.5 Å². The second kappa shape index (κ2) is 7.16. The van der Waals surface area contributed by atoms with Gasteiger partial charge in [0.2, 0.25) is 0 Å². The van der Waals surface area contributed by atoms with Crippen LogP contribution in [0.4, 0.5) is 0 Å². The first-order chi connectivity index (χ1) is 12.3. The van der Waals surface area contributed by atoms with Crippen molar-refractivity contribution in [2.45, 2.75) is 25.6 Å². The van der Waals surface area contributed by atoms with E-state index in [-0.39, 0.29) is 5.92 Å². The summed E-state index contributed by atoms with van der Waals surface area (Å²) in [6, 6.07) is 7.86. The van der Waals surface area contributed by atoms with Gasteiger partial charge < -0.3 is 9.15 Å². The first kappa shape index (κ1) is 16.0. The lowest BCUT2D eigenvalue weighted by Gasteiger charge is -2.31. The van der Waals surface area contributed by atoms with E-state index in [1.54, 1.807) is 18.7 Å². The Balaban J connectivity index is 1.44. The average Bonchev–Trinajstić information content (AvgIpc) is 3.26. The van der Waals surface area contributed by atoms with Crippen LogP contribution in [0.3, 0.4) is 0 Å². The molecule has 3 aromatic rings. The zero-order valence-corrected chi connectivity index (χ0v) is 14.2. The summed E-state index contributed by atoms with van der Waals surface area (Å²) in [5, 5.41) is 8.53. The van der Waals surface area contributed by atoms with Crippen LogP contribution in [-0.4, -0.2) is 38.0 Å². The van der Waals surface area contributed by atoms with Crippen molar-refractivity contribution >= 4 is 0 Å². The molecule has 1 aliphatic rings. The number of rotatable bonds is 6. The average molecular weight is 339 g/mol. The maximum atomic E-state index is 5.95. The Morgan fingerprint density at radius 2 is 2.28 bits per heavy atom. The van der Waals surface area contributed by atoms with Crippen molar-refractivity contribution in [3.05, 3.63) is 65.6 Å². The number of hydrogen-bond donors (Lipinski definition) is 0. The topological polar surface area (TPSA) is 69.2 Å². The maximum absolute atomic E-state index is 5.95. The lowest BCUT2D eigenvalue weighted by Crippen LogP contribution is -2.35. The fraction of sp³-hybridized carbons (Fsp3) is 0.389. The molecule has 7 heteroatoms. The minimum absolute atomic E-state index is 0.236. The predicted molar refractivity (Wildman–Crippen MR) is 90.5 cm³/mol. The Labute approximate surface area is 146 Å². The van der Waals surface area contributed by atoms with Crippen LogP contribution >= 0.6 is 0 Å². The number of fused-ring (bicyclic) bond motifs is 1. The van der Waals surface area contributed by atoms with Crippen LogP contribution in [0.25, 0.3) is 0 Å². The van der Waals surface area contributed by atoms with E-state index < -0.39 is 0 Å². The monoisotopic (exact) mass is 339 g/mol. The van der Waals surface area contributed by atoms with Gasteiger partial charge in [0.25, 0.3) is 0 Å². The normalized spacial score (nSPS) is 17.6. The molecule has 0 bridgehead atoms. The molecule has 0 fully saturated rings. The third-order valence-corrected chi connectivity index (χ3v) is 4.46. The molecule has 1 atom stereocenters. The molecule has 0 radical (unpaired) electrons. The molecule has 7 nitrogen and oxygen atoms in total. The quantitative estimate of drug-likeness (QED) is 0.685. The van der Waals surface area contributed by atoms with Gasteiger partial charge in [-0.25, -0.2) is 0 Å². The highest BCUT2D eigenvalue weighted by atomic mass is 16.5. The molecule has 0 unspecified atom stereocenters. The van der Waals surface area contributed by atoms with E-state index in [0.29, 0.717) is 13.2 Å². The standard InChI is InChI=1S/C18H21N5O2/c1-22-18-15(12-25-13-16-4-2-3-6-19-16)9-23(10-17(18)20-21-22)8-14-5-7-24-11-14/h2-7,11,15H,8-10,12-13H2,1H3/t15-/m0/s1. The van der Waals surface area contributed by atoms with Gasteiger partial charge in [0, 0.05) is 44.4 Å². The van der Waals surface area contributed by atoms with E-state index >= 15 is 0 Å². The highest BCUT2D eigenvalue weighted by Crippen LogP contribution is 2.28. The summed E-state index contributed by atoms with van der Waals surface area (Å²) in [7, 11) is 1.95. The molecule has 3 aromatic heterocycles. The van der Waals surface area contributed by atoms with Gasteiger partial charge in [-0.15, -0.1) is 5.10 Å². The van der Waals surface area contributed by atoms with Gasteiger partial charge in [0.15, 0.2) is 0 Å². The van der Waals surface area contributed by atoms with Gasteiger partial charge >= 0.3 is 0 Å². The number of hydrogen-bond acceptors (Lipinski definition) is 6. The van der Waals surface area contributed by atoms with Gasteiger partial charge in [-0.2, -0.15) is 0 Å². The third-order valence-electron chi connectivity index (χ3n) is 4.46. The van der Waals surface area contributed by atoms with Gasteiger partial charge in [-0.1, -0.05) is 11.3 Å². The molecule has 0 saturated carbocycles. The third kappa shape index (κ3) is 3.62. The highest BCUT2D eigenvalue weighted by molar-refractivity contribution is 5.20. The molecular weight excluding hydrogens is 318 g/mol. The van der Waals surface area contributed by atoms with Crippen LogP contribution in [0.15, 0.2) is 47.4 Å². The Kier molecular flexibility index (Phi) is 4.58. The molecule has 0 N–H and O–H groups in total. The molecule has 0 aliphatic carbocycles. The van der Waals surface area contributed by atoms with Crippen molar-refractivity contribution in [1.82, 2.24) is 24.9 Å². The minimum atomic E-state index is 0.236. The van der Waals surface area contributed by atoms with Crippen molar-refractivity contribution in [2.75, 3.05) is 13.2 Å². The van der Waals surface area contributed by atoms with Crippen molar-refractivity contribution in [3.63, 3.8) is 0 Å². The summed E-state index contributed by atoms with van der Waals surface area (Å²) in [6.07, 6.45) is 5.29. The fourth-order valence-corrected chi connectivity index (χ4v) is 3.38. The van der Waals surface area contributed by atoms with Crippen LogP contribution in [0.5, 0.6) is 0 Å². The first-order valence-corrected chi connectivity index (χ1v) is 8.39. The van der Waals surface area contributed by atoms with E-state index in [4.69, 9.17) is 9.15 Å². The summed E-state index contributed by atoms with van der Waals surface area (Å²) in [5.41, 5.74) is 4.31. The molecule has 0 amide bonds. The van der Waals surface area contributed by atoms with Gasteiger partial charge in [-0.3, -0.25) is 14.6 Å². The van der Waals surface area contributed by atoms with Gasteiger partial charge in [-0.05, 0) is 18.2 Å². The molecule has 0 spiro atoms. The summed E-state index contributed by atoms with van der Waals surface area (Å²) < 4.78 is 13.0. The molecular formula is C18H21N5O2. The van der Waals surface area contributed by atoms with Crippen LogP contribution in [0.2, 0.25) is 0 Å². The number of ether oxygens (including phenoxy) is 1. The molecule has 4 rings (SSSR count). The Morgan fingerprint density at radius 3 is 3.08 bits per heavy atom. The smallest absolute Gasteiger partial charge is 0.100 e. The molecule has 1 aliphatic heterocycles. The Hall–Kier alpha value is -2.51. The van der Waals surface area contributed by atoms with E-state index in [1.165, 1.54) is 11.3 Å². The Bertz CT molecular complexity index is 800. The summed E-state index contributed by atoms with van der Waals surface area (Å²) in [5.74, 6) is 0.236. The molecule has 0 saturated heterocycles. The zero-order valence-electron chi connectivity index (χ0n) is 14.2. The summed E-state index contributed by atoms with van der Waals surface area (Å²) in [6.45, 7) is 3.67. The molecule has 130 valence electrons.